The standard InChI is InChI=1S/C31H28ClFN4O3S/c32-22-9-4-8-21(16-22)30-28-29(20-6-2-1-3-7-20)35-37(24-13-11-23(33)12-14-24)31(28)36(27(39)19-41-30)18-26(38)34-17-25-10-5-15-40-25/h1-4,6-9,11-14,16,25,30H,5,10,15,17-19H2,(H,34,38)/t25-,30-/m0/s1. The zero-order chi connectivity index (χ0) is 28.3. The van der Waals surface area contributed by atoms with E-state index in [4.69, 9.17) is 21.4 Å². The smallest absolute Gasteiger partial charge is 0.240 e. The Kier molecular flexibility index (Phi) is 8.09. The highest BCUT2D eigenvalue weighted by Gasteiger charge is 2.38. The molecule has 0 spiro atoms. The largest absolute Gasteiger partial charge is 0.376 e. The van der Waals surface area contributed by atoms with Gasteiger partial charge in [-0.3, -0.25) is 14.5 Å². The number of benzene rings is 3. The van der Waals surface area contributed by atoms with Crippen molar-refractivity contribution in [2.24, 2.45) is 0 Å². The summed E-state index contributed by atoms with van der Waals surface area (Å²) in [5.74, 6) is -0.287. The van der Waals surface area contributed by atoms with Crippen LogP contribution in [0.4, 0.5) is 10.2 Å². The van der Waals surface area contributed by atoms with Crippen molar-refractivity contribution in [1.29, 1.82) is 0 Å². The molecule has 3 aromatic carbocycles. The molecular formula is C31H28ClFN4O3S. The van der Waals surface area contributed by atoms with Crippen LogP contribution in [-0.2, 0) is 14.3 Å². The molecule has 0 saturated carbocycles. The van der Waals surface area contributed by atoms with Crippen LogP contribution in [0.25, 0.3) is 16.9 Å². The Hall–Kier alpha value is -3.66. The maximum Gasteiger partial charge on any atom is 0.240 e. The average molecular weight is 591 g/mol. The Bertz CT molecular complexity index is 1560. The summed E-state index contributed by atoms with van der Waals surface area (Å²) in [4.78, 5) is 28.5. The second kappa shape index (κ2) is 12.1. The number of hydrogen-bond acceptors (Lipinski definition) is 5. The van der Waals surface area contributed by atoms with Gasteiger partial charge in [0.15, 0.2) is 0 Å². The summed E-state index contributed by atoms with van der Waals surface area (Å²) >= 11 is 7.88. The highest BCUT2D eigenvalue weighted by molar-refractivity contribution is 8.00. The van der Waals surface area contributed by atoms with Gasteiger partial charge in [-0.05, 0) is 54.8 Å². The van der Waals surface area contributed by atoms with Crippen molar-refractivity contribution in [2.45, 2.75) is 24.2 Å². The summed E-state index contributed by atoms with van der Waals surface area (Å²) in [6.07, 6.45) is 1.84. The number of ether oxygens (including phenoxy) is 1. The van der Waals surface area contributed by atoms with Crippen LogP contribution in [0.1, 0.15) is 29.2 Å². The van der Waals surface area contributed by atoms with Crippen LogP contribution in [0.3, 0.4) is 0 Å². The molecule has 2 amide bonds. The maximum atomic E-state index is 13.9. The molecule has 2 atom stereocenters. The predicted molar refractivity (Wildman–Crippen MR) is 159 cm³/mol. The average Bonchev–Trinajstić information content (AvgIpc) is 3.62. The third-order valence-corrected chi connectivity index (χ3v) is 8.70. The fraction of sp³-hybridized carbons (Fsp3) is 0.258. The van der Waals surface area contributed by atoms with Crippen molar-refractivity contribution in [3.05, 3.63) is 101 Å². The molecule has 10 heteroatoms. The summed E-state index contributed by atoms with van der Waals surface area (Å²) in [6, 6.07) is 23.2. The van der Waals surface area contributed by atoms with E-state index in [1.807, 2.05) is 54.6 Å². The lowest BCUT2D eigenvalue weighted by molar-refractivity contribution is -0.123. The molecule has 1 saturated heterocycles. The molecule has 2 aliphatic heterocycles. The first-order valence-corrected chi connectivity index (χ1v) is 14.9. The molecule has 0 radical (unpaired) electrons. The Morgan fingerprint density at radius 1 is 1.10 bits per heavy atom. The van der Waals surface area contributed by atoms with Crippen LogP contribution in [0, 0.1) is 5.82 Å². The van der Waals surface area contributed by atoms with Crippen LogP contribution in [0.2, 0.25) is 5.02 Å². The van der Waals surface area contributed by atoms with Gasteiger partial charge in [0.25, 0.3) is 0 Å². The zero-order valence-electron chi connectivity index (χ0n) is 22.1. The Labute approximate surface area is 246 Å². The van der Waals surface area contributed by atoms with E-state index in [-0.39, 0.29) is 41.3 Å². The number of thioether (sulfide) groups is 1. The first kappa shape index (κ1) is 27.5. The Morgan fingerprint density at radius 3 is 2.63 bits per heavy atom. The van der Waals surface area contributed by atoms with Gasteiger partial charge in [-0.1, -0.05) is 54.1 Å². The topological polar surface area (TPSA) is 76.5 Å². The third kappa shape index (κ3) is 5.88. The fourth-order valence-corrected chi connectivity index (χ4v) is 6.64. The van der Waals surface area contributed by atoms with Gasteiger partial charge in [0.2, 0.25) is 11.8 Å². The van der Waals surface area contributed by atoms with Gasteiger partial charge in [-0.2, -0.15) is 5.10 Å². The highest BCUT2D eigenvalue weighted by atomic mass is 35.5. The molecule has 4 aromatic rings. The number of nitrogens with zero attached hydrogens (tertiary/aromatic N) is 3. The minimum atomic E-state index is -0.385. The molecular weight excluding hydrogens is 563 g/mol. The lowest BCUT2D eigenvalue weighted by Gasteiger charge is -2.23. The Balaban J connectivity index is 1.51. The minimum absolute atomic E-state index is 0.0217. The minimum Gasteiger partial charge on any atom is -0.376 e. The highest BCUT2D eigenvalue weighted by Crippen LogP contribution is 2.48. The van der Waals surface area contributed by atoms with Gasteiger partial charge < -0.3 is 10.1 Å². The van der Waals surface area contributed by atoms with Crippen LogP contribution < -0.4 is 10.2 Å². The predicted octanol–water partition coefficient (Wildman–Crippen LogP) is 5.80. The van der Waals surface area contributed by atoms with E-state index < -0.39 is 0 Å². The number of carbonyl (C=O) groups is 2. The lowest BCUT2D eigenvalue weighted by atomic mass is 9.99. The number of rotatable bonds is 7. The van der Waals surface area contributed by atoms with Crippen LogP contribution in [0.5, 0.6) is 0 Å². The number of fused-ring (bicyclic) bond motifs is 1. The Morgan fingerprint density at radius 2 is 1.90 bits per heavy atom. The summed E-state index contributed by atoms with van der Waals surface area (Å²) in [5.41, 5.74) is 3.79. The summed E-state index contributed by atoms with van der Waals surface area (Å²) in [7, 11) is 0. The van der Waals surface area contributed by atoms with Crippen molar-refractivity contribution < 1.29 is 18.7 Å². The molecule has 1 fully saturated rings. The van der Waals surface area contributed by atoms with Crippen molar-refractivity contribution in [3.8, 4) is 16.9 Å². The number of carbonyl (C=O) groups excluding carboxylic acids is 2. The van der Waals surface area contributed by atoms with E-state index in [1.54, 1.807) is 16.8 Å². The second-order valence-electron chi connectivity index (χ2n) is 10.0. The first-order valence-electron chi connectivity index (χ1n) is 13.5. The van der Waals surface area contributed by atoms with E-state index in [0.717, 1.165) is 29.5 Å². The van der Waals surface area contributed by atoms with Crippen LogP contribution >= 0.6 is 23.4 Å². The van der Waals surface area contributed by atoms with Crippen LogP contribution in [0.15, 0.2) is 78.9 Å². The van der Waals surface area contributed by atoms with E-state index in [9.17, 15) is 14.0 Å². The number of anilines is 1. The number of halogens is 2. The SMILES string of the molecule is O=C(CN1C(=O)CS[C@@H](c2cccc(Cl)c2)c2c(-c3ccccc3)nn(-c3ccc(F)cc3)c21)NC[C@@H]1CCCO1. The zero-order valence-corrected chi connectivity index (χ0v) is 23.7. The van der Waals surface area contributed by atoms with Crippen molar-refractivity contribution >= 4 is 41.0 Å². The fourth-order valence-electron chi connectivity index (χ4n) is 5.26. The molecule has 0 unspecified atom stereocenters. The number of nitrogens with one attached hydrogen (secondary N) is 1. The normalized spacial score (nSPS) is 18.7. The van der Waals surface area contributed by atoms with Gasteiger partial charge in [-0.25, -0.2) is 9.07 Å². The first-order chi connectivity index (χ1) is 20.0. The van der Waals surface area contributed by atoms with E-state index >= 15 is 0 Å². The molecule has 41 heavy (non-hydrogen) atoms. The van der Waals surface area contributed by atoms with Gasteiger partial charge >= 0.3 is 0 Å². The van der Waals surface area contributed by atoms with E-state index in [0.29, 0.717) is 35.4 Å². The number of aromatic nitrogens is 2. The molecule has 6 rings (SSSR count). The van der Waals surface area contributed by atoms with Gasteiger partial charge in [0, 0.05) is 29.3 Å². The molecule has 0 aliphatic carbocycles. The second-order valence-corrected chi connectivity index (χ2v) is 11.5. The molecule has 7 nitrogen and oxygen atoms in total. The van der Waals surface area contributed by atoms with Crippen molar-refractivity contribution in [1.82, 2.24) is 15.1 Å². The summed E-state index contributed by atoms with van der Waals surface area (Å²) < 4.78 is 21.2. The molecule has 0 bridgehead atoms. The van der Waals surface area contributed by atoms with E-state index in [1.165, 1.54) is 28.8 Å². The van der Waals surface area contributed by atoms with Gasteiger partial charge in [0.1, 0.15) is 18.2 Å². The van der Waals surface area contributed by atoms with Crippen molar-refractivity contribution in [3.63, 3.8) is 0 Å². The third-order valence-electron chi connectivity index (χ3n) is 7.21. The van der Waals surface area contributed by atoms with Gasteiger partial charge in [-0.15, -0.1) is 11.8 Å². The summed E-state index contributed by atoms with van der Waals surface area (Å²) in [5, 5.41) is 8.22. The molecule has 3 heterocycles. The molecule has 2 aliphatic rings. The maximum absolute atomic E-state index is 13.9. The van der Waals surface area contributed by atoms with Gasteiger partial charge in [0.05, 0.1) is 28.5 Å². The molecule has 210 valence electrons. The quantitative estimate of drug-likeness (QED) is 0.295. The number of amides is 2. The molecule has 1 N–H and O–H groups in total. The van der Waals surface area contributed by atoms with E-state index in [2.05, 4.69) is 5.32 Å². The van der Waals surface area contributed by atoms with Crippen LogP contribution in [-0.4, -0.2) is 53.1 Å². The number of hydrogen-bond donors (Lipinski definition) is 1. The molecule has 1 aromatic heterocycles. The van der Waals surface area contributed by atoms with Crippen molar-refractivity contribution in [2.75, 3.05) is 30.3 Å². The lowest BCUT2D eigenvalue weighted by Crippen LogP contribution is -2.44. The summed E-state index contributed by atoms with van der Waals surface area (Å²) in [6.45, 7) is 0.887. The monoisotopic (exact) mass is 590 g/mol.